The third-order valence-electron chi connectivity index (χ3n) is 3.73. The minimum Gasteiger partial charge on any atom is -0.504 e. The summed E-state index contributed by atoms with van der Waals surface area (Å²) in [5.41, 5.74) is 0.259. The summed E-state index contributed by atoms with van der Waals surface area (Å²) in [7, 11) is 1.47. The van der Waals surface area contributed by atoms with Crippen molar-refractivity contribution in [2.24, 2.45) is 0 Å². The Balaban J connectivity index is 2.04. The van der Waals surface area contributed by atoms with E-state index < -0.39 is 0 Å². The molecule has 5 heteroatoms. The van der Waals surface area contributed by atoms with Crippen LogP contribution < -0.4 is 10.1 Å². The van der Waals surface area contributed by atoms with Gasteiger partial charge in [0.25, 0.3) is 5.91 Å². The quantitative estimate of drug-likeness (QED) is 0.870. The lowest BCUT2D eigenvalue weighted by Crippen LogP contribution is -2.45. The van der Waals surface area contributed by atoms with Gasteiger partial charge in [-0.2, -0.15) is 11.8 Å². The Morgan fingerprint density at radius 3 is 2.79 bits per heavy atom. The molecule has 0 spiro atoms. The Morgan fingerprint density at radius 2 is 2.26 bits per heavy atom. The molecular formula is C14H19NO3S. The number of phenols is 1. The second-order valence-electron chi connectivity index (χ2n) is 4.78. The second-order valence-corrected chi connectivity index (χ2v) is 6.05. The van der Waals surface area contributed by atoms with E-state index in [2.05, 4.69) is 11.6 Å². The highest BCUT2D eigenvalue weighted by atomic mass is 32.2. The Labute approximate surface area is 117 Å². The van der Waals surface area contributed by atoms with Gasteiger partial charge in [0.15, 0.2) is 11.5 Å². The molecule has 0 unspecified atom stereocenters. The van der Waals surface area contributed by atoms with Crippen molar-refractivity contribution in [3.05, 3.63) is 23.8 Å². The van der Waals surface area contributed by atoms with Gasteiger partial charge in [0.1, 0.15) is 0 Å². The van der Waals surface area contributed by atoms with Gasteiger partial charge in [-0.15, -0.1) is 0 Å². The molecule has 0 radical (unpaired) electrons. The van der Waals surface area contributed by atoms with E-state index in [0.717, 1.165) is 12.8 Å². The van der Waals surface area contributed by atoms with Crippen LogP contribution in [0.5, 0.6) is 11.5 Å². The summed E-state index contributed by atoms with van der Waals surface area (Å²) in [5.74, 6) is -0.0399. The van der Waals surface area contributed by atoms with Gasteiger partial charge < -0.3 is 15.2 Å². The van der Waals surface area contributed by atoms with Crippen LogP contribution in [0.25, 0.3) is 0 Å². The van der Waals surface area contributed by atoms with Crippen molar-refractivity contribution < 1.29 is 14.6 Å². The number of carbonyl (C=O) groups is 1. The maximum atomic E-state index is 12.1. The molecule has 0 saturated heterocycles. The molecule has 1 aliphatic carbocycles. The monoisotopic (exact) mass is 281 g/mol. The number of methoxy groups -OCH3 is 1. The number of amides is 1. The van der Waals surface area contributed by atoms with E-state index in [0.29, 0.717) is 12.3 Å². The van der Waals surface area contributed by atoms with Gasteiger partial charge in [-0.05, 0) is 31.2 Å². The fourth-order valence-corrected chi connectivity index (χ4v) is 3.14. The van der Waals surface area contributed by atoms with Crippen molar-refractivity contribution in [2.75, 3.05) is 19.9 Å². The first-order chi connectivity index (χ1) is 9.12. The lowest BCUT2D eigenvalue weighted by molar-refractivity contribution is 0.0940. The highest BCUT2D eigenvalue weighted by Crippen LogP contribution is 2.42. The molecule has 19 heavy (non-hydrogen) atoms. The average Bonchev–Trinajstić information content (AvgIpc) is 2.38. The molecule has 0 aromatic heterocycles. The molecule has 1 saturated carbocycles. The fraction of sp³-hybridized carbons (Fsp3) is 0.500. The smallest absolute Gasteiger partial charge is 0.255 e. The third-order valence-corrected chi connectivity index (χ3v) is 5.15. The number of phenolic OH excluding ortho intramolecular Hbond substituents is 1. The highest BCUT2D eigenvalue weighted by Gasteiger charge is 2.36. The van der Waals surface area contributed by atoms with E-state index in [1.54, 1.807) is 30.0 Å². The summed E-state index contributed by atoms with van der Waals surface area (Å²) in [5, 5.41) is 12.8. The first-order valence-corrected chi connectivity index (χ1v) is 7.54. The molecule has 2 rings (SSSR count). The summed E-state index contributed by atoms with van der Waals surface area (Å²) in [6.45, 7) is 0.643. The zero-order chi connectivity index (χ0) is 13.9. The van der Waals surface area contributed by atoms with Crippen LogP contribution in [-0.2, 0) is 0 Å². The Kier molecular flexibility index (Phi) is 4.24. The van der Waals surface area contributed by atoms with Crippen molar-refractivity contribution in [2.45, 2.75) is 24.0 Å². The number of benzene rings is 1. The van der Waals surface area contributed by atoms with Crippen molar-refractivity contribution in [3.8, 4) is 11.5 Å². The zero-order valence-corrected chi connectivity index (χ0v) is 12.0. The van der Waals surface area contributed by atoms with Crippen molar-refractivity contribution in [1.29, 1.82) is 0 Å². The van der Waals surface area contributed by atoms with Gasteiger partial charge in [-0.25, -0.2) is 0 Å². The normalized spacial score (nSPS) is 16.5. The Hall–Kier alpha value is -1.36. The predicted molar refractivity (Wildman–Crippen MR) is 77.1 cm³/mol. The number of para-hydroxylation sites is 1. The molecule has 1 aliphatic rings. The average molecular weight is 281 g/mol. The minimum absolute atomic E-state index is 0.102. The number of carbonyl (C=O) groups excluding carboxylic acids is 1. The minimum atomic E-state index is -0.253. The van der Waals surface area contributed by atoms with Gasteiger partial charge in [0.2, 0.25) is 0 Å². The Bertz CT molecular complexity index is 466. The maximum Gasteiger partial charge on any atom is 0.255 e. The largest absolute Gasteiger partial charge is 0.504 e. The van der Waals surface area contributed by atoms with Crippen LogP contribution in [0.1, 0.15) is 29.6 Å². The first-order valence-electron chi connectivity index (χ1n) is 6.31. The van der Waals surface area contributed by atoms with Crippen molar-refractivity contribution in [3.63, 3.8) is 0 Å². The van der Waals surface area contributed by atoms with E-state index >= 15 is 0 Å². The van der Waals surface area contributed by atoms with Crippen LogP contribution in [0.3, 0.4) is 0 Å². The standard InChI is InChI=1S/C14H19NO3S/c1-18-11-6-3-5-10(12(11)16)13(17)15-9-14(19-2)7-4-8-14/h3,5-6,16H,4,7-9H2,1-2H3,(H,15,17). The number of nitrogens with one attached hydrogen (secondary N) is 1. The summed E-state index contributed by atoms with van der Waals surface area (Å²) in [6, 6.07) is 4.92. The zero-order valence-electron chi connectivity index (χ0n) is 11.2. The molecule has 1 aromatic carbocycles. The third kappa shape index (κ3) is 2.81. The van der Waals surface area contributed by atoms with Gasteiger partial charge in [-0.1, -0.05) is 12.5 Å². The van der Waals surface area contributed by atoms with Crippen LogP contribution in [0.15, 0.2) is 18.2 Å². The van der Waals surface area contributed by atoms with E-state index in [1.807, 2.05) is 0 Å². The lowest BCUT2D eigenvalue weighted by atomic mass is 9.84. The summed E-state index contributed by atoms with van der Waals surface area (Å²) < 4.78 is 5.19. The molecule has 0 aliphatic heterocycles. The SMILES string of the molecule is COc1cccc(C(=O)NCC2(SC)CCC2)c1O. The summed E-state index contributed by atoms with van der Waals surface area (Å²) in [4.78, 5) is 12.1. The maximum absolute atomic E-state index is 12.1. The predicted octanol–water partition coefficient (Wildman–Crippen LogP) is 2.42. The van der Waals surface area contributed by atoms with Crippen LogP contribution >= 0.6 is 11.8 Å². The Morgan fingerprint density at radius 1 is 1.53 bits per heavy atom. The fourth-order valence-electron chi connectivity index (χ4n) is 2.23. The van der Waals surface area contributed by atoms with Crippen molar-refractivity contribution in [1.82, 2.24) is 5.32 Å². The summed E-state index contributed by atoms with van der Waals surface area (Å²) in [6.07, 6.45) is 5.58. The van der Waals surface area contributed by atoms with E-state index in [1.165, 1.54) is 13.5 Å². The first kappa shape index (κ1) is 14.1. The van der Waals surface area contributed by atoms with Gasteiger partial charge in [0.05, 0.1) is 12.7 Å². The number of hydrogen-bond donors (Lipinski definition) is 2. The number of ether oxygens (including phenoxy) is 1. The second kappa shape index (κ2) is 5.74. The number of hydrogen-bond acceptors (Lipinski definition) is 4. The molecule has 4 nitrogen and oxygen atoms in total. The molecule has 1 amide bonds. The van der Waals surface area contributed by atoms with Gasteiger partial charge in [-0.3, -0.25) is 4.79 Å². The molecule has 0 bridgehead atoms. The van der Waals surface area contributed by atoms with Crippen LogP contribution in [-0.4, -0.2) is 35.7 Å². The summed E-state index contributed by atoms with van der Waals surface area (Å²) >= 11 is 1.81. The van der Waals surface area contributed by atoms with Gasteiger partial charge in [0, 0.05) is 11.3 Å². The lowest BCUT2D eigenvalue weighted by Gasteiger charge is -2.40. The molecular weight excluding hydrogens is 262 g/mol. The highest BCUT2D eigenvalue weighted by molar-refractivity contribution is 8.00. The number of aromatic hydroxyl groups is 1. The van der Waals surface area contributed by atoms with E-state index in [-0.39, 0.29) is 22.0 Å². The molecule has 1 aromatic rings. The van der Waals surface area contributed by atoms with E-state index in [4.69, 9.17) is 4.74 Å². The molecule has 0 atom stereocenters. The van der Waals surface area contributed by atoms with Crippen LogP contribution in [0.2, 0.25) is 0 Å². The van der Waals surface area contributed by atoms with Crippen LogP contribution in [0, 0.1) is 0 Å². The van der Waals surface area contributed by atoms with Crippen LogP contribution in [0.4, 0.5) is 0 Å². The molecule has 104 valence electrons. The van der Waals surface area contributed by atoms with E-state index in [9.17, 15) is 9.90 Å². The number of thioether (sulfide) groups is 1. The topological polar surface area (TPSA) is 58.6 Å². The van der Waals surface area contributed by atoms with Gasteiger partial charge >= 0.3 is 0 Å². The molecule has 0 heterocycles. The molecule has 2 N–H and O–H groups in total. The molecule has 1 fully saturated rings. The number of rotatable bonds is 5. The van der Waals surface area contributed by atoms with Crippen molar-refractivity contribution >= 4 is 17.7 Å².